The van der Waals surface area contributed by atoms with E-state index in [0.717, 1.165) is 16.8 Å². The molecule has 0 saturated carbocycles. The minimum absolute atomic E-state index is 0.366. The molecule has 0 spiro atoms. The van der Waals surface area contributed by atoms with E-state index in [2.05, 4.69) is 14.6 Å². The van der Waals surface area contributed by atoms with Crippen LogP contribution in [0.5, 0.6) is 5.88 Å². The molecule has 5 nitrogen and oxygen atoms in total. The molecule has 1 aromatic heterocycles. The number of hydrogen-bond acceptors (Lipinski definition) is 5. The SMILES string of the molecule is COc1ccc(-c2cccc(/C=N/[S+]([O-])C(C)(C)C)c2)nn1. The Kier molecular flexibility index (Phi) is 5.15. The highest BCUT2D eigenvalue weighted by molar-refractivity contribution is 7.91. The number of methoxy groups -OCH3 is 1. The summed E-state index contributed by atoms with van der Waals surface area (Å²) in [6, 6.07) is 11.3. The highest BCUT2D eigenvalue weighted by Crippen LogP contribution is 2.20. The summed E-state index contributed by atoms with van der Waals surface area (Å²) in [5.41, 5.74) is 2.53. The van der Waals surface area contributed by atoms with Crippen LogP contribution in [-0.2, 0) is 11.4 Å². The first-order valence-corrected chi connectivity index (χ1v) is 7.95. The van der Waals surface area contributed by atoms with Crippen molar-refractivity contribution < 1.29 is 9.29 Å². The van der Waals surface area contributed by atoms with Crippen molar-refractivity contribution in [3.8, 4) is 17.1 Å². The lowest BCUT2D eigenvalue weighted by molar-refractivity contribution is 0.392. The Morgan fingerprint density at radius 3 is 2.55 bits per heavy atom. The van der Waals surface area contributed by atoms with Gasteiger partial charge in [0.2, 0.25) is 5.88 Å². The zero-order chi connectivity index (χ0) is 16.2. The molecule has 1 unspecified atom stereocenters. The third-order valence-corrected chi connectivity index (χ3v) is 4.20. The van der Waals surface area contributed by atoms with Crippen molar-refractivity contribution in [2.75, 3.05) is 7.11 Å². The number of ether oxygens (including phenoxy) is 1. The Balaban J connectivity index is 2.21. The maximum absolute atomic E-state index is 11.9. The maximum atomic E-state index is 11.9. The van der Waals surface area contributed by atoms with E-state index in [1.165, 1.54) is 0 Å². The predicted octanol–water partition coefficient (Wildman–Crippen LogP) is 3.03. The molecule has 0 N–H and O–H groups in total. The van der Waals surface area contributed by atoms with Crippen molar-refractivity contribution in [2.24, 2.45) is 4.40 Å². The van der Waals surface area contributed by atoms with E-state index in [0.29, 0.717) is 5.88 Å². The van der Waals surface area contributed by atoms with Gasteiger partial charge in [0.05, 0.1) is 19.0 Å². The van der Waals surface area contributed by atoms with Crippen molar-refractivity contribution in [2.45, 2.75) is 25.5 Å². The van der Waals surface area contributed by atoms with Gasteiger partial charge in [-0.05, 0) is 38.5 Å². The van der Waals surface area contributed by atoms with Gasteiger partial charge >= 0.3 is 0 Å². The monoisotopic (exact) mass is 317 g/mol. The highest BCUT2D eigenvalue weighted by atomic mass is 32.2. The smallest absolute Gasteiger partial charge is 0.233 e. The van der Waals surface area contributed by atoms with Crippen molar-refractivity contribution in [3.63, 3.8) is 0 Å². The molecule has 0 bridgehead atoms. The standard InChI is InChI=1S/C16H19N3O2S/c1-16(2,3)22(20)17-11-12-6-5-7-13(10-12)14-8-9-15(21-4)19-18-14/h5-11H,1-4H3/b17-11+. The summed E-state index contributed by atoms with van der Waals surface area (Å²) in [5.74, 6) is 0.474. The lowest BCUT2D eigenvalue weighted by Gasteiger charge is -2.17. The van der Waals surface area contributed by atoms with E-state index in [1.807, 2.05) is 51.1 Å². The Morgan fingerprint density at radius 1 is 1.18 bits per heavy atom. The molecule has 0 aliphatic rings. The third-order valence-electron chi connectivity index (χ3n) is 2.85. The van der Waals surface area contributed by atoms with Gasteiger partial charge in [0, 0.05) is 11.6 Å². The van der Waals surface area contributed by atoms with Crippen molar-refractivity contribution in [1.29, 1.82) is 0 Å². The summed E-state index contributed by atoms with van der Waals surface area (Å²) in [5, 5.41) is 8.07. The van der Waals surface area contributed by atoms with Crippen LogP contribution in [0.4, 0.5) is 0 Å². The number of aromatic nitrogens is 2. The molecule has 0 amide bonds. The first-order valence-electron chi connectivity index (χ1n) is 6.84. The molecular formula is C16H19N3O2S. The number of rotatable bonds is 4. The largest absolute Gasteiger partial charge is 0.591 e. The summed E-state index contributed by atoms with van der Waals surface area (Å²) in [6.07, 6.45) is 1.63. The van der Waals surface area contributed by atoms with Crippen LogP contribution >= 0.6 is 0 Å². The number of benzene rings is 1. The first kappa shape index (κ1) is 16.5. The molecule has 116 valence electrons. The molecular weight excluding hydrogens is 298 g/mol. The van der Waals surface area contributed by atoms with E-state index >= 15 is 0 Å². The average Bonchev–Trinajstić information content (AvgIpc) is 2.52. The zero-order valence-corrected chi connectivity index (χ0v) is 13.9. The van der Waals surface area contributed by atoms with E-state index in [1.54, 1.807) is 19.4 Å². The molecule has 1 atom stereocenters. The van der Waals surface area contributed by atoms with Crippen LogP contribution in [-0.4, -0.2) is 32.8 Å². The van der Waals surface area contributed by atoms with Crippen LogP contribution in [0, 0.1) is 0 Å². The molecule has 0 aliphatic heterocycles. The molecule has 0 radical (unpaired) electrons. The van der Waals surface area contributed by atoms with E-state index in [-0.39, 0.29) is 4.75 Å². The topological polar surface area (TPSA) is 70.4 Å². The van der Waals surface area contributed by atoms with Gasteiger partial charge in [0.1, 0.15) is 16.1 Å². The van der Waals surface area contributed by atoms with E-state index in [9.17, 15) is 4.55 Å². The van der Waals surface area contributed by atoms with Gasteiger partial charge in [-0.1, -0.05) is 22.6 Å². The maximum Gasteiger partial charge on any atom is 0.233 e. The van der Waals surface area contributed by atoms with Crippen LogP contribution in [0.3, 0.4) is 0 Å². The quantitative estimate of drug-likeness (QED) is 0.642. The lowest BCUT2D eigenvalue weighted by Crippen LogP contribution is -2.25. The Hall–Kier alpha value is -1.92. The van der Waals surface area contributed by atoms with Gasteiger partial charge in [-0.3, -0.25) is 0 Å². The first-order chi connectivity index (χ1) is 10.4. The second kappa shape index (κ2) is 6.89. The summed E-state index contributed by atoms with van der Waals surface area (Å²) in [7, 11) is 1.55. The summed E-state index contributed by atoms with van der Waals surface area (Å²) < 4.78 is 20.7. The van der Waals surface area contributed by atoms with E-state index < -0.39 is 11.4 Å². The van der Waals surface area contributed by atoms with Crippen molar-refractivity contribution in [1.82, 2.24) is 10.2 Å². The lowest BCUT2D eigenvalue weighted by atomic mass is 10.1. The molecule has 1 aromatic carbocycles. The minimum atomic E-state index is -1.27. The fourth-order valence-electron chi connectivity index (χ4n) is 1.63. The minimum Gasteiger partial charge on any atom is -0.591 e. The predicted molar refractivity (Wildman–Crippen MR) is 89.5 cm³/mol. The normalized spacial score (nSPS) is 13.3. The highest BCUT2D eigenvalue weighted by Gasteiger charge is 2.25. The van der Waals surface area contributed by atoms with Crippen molar-refractivity contribution >= 4 is 17.6 Å². The molecule has 2 rings (SSSR count). The molecule has 6 heteroatoms. The van der Waals surface area contributed by atoms with Gasteiger partial charge in [0.25, 0.3) is 0 Å². The summed E-state index contributed by atoms with van der Waals surface area (Å²) in [4.78, 5) is 0. The molecule has 0 aliphatic carbocycles. The molecule has 0 fully saturated rings. The van der Waals surface area contributed by atoms with Crippen molar-refractivity contribution in [3.05, 3.63) is 42.0 Å². The van der Waals surface area contributed by atoms with E-state index in [4.69, 9.17) is 4.74 Å². The van der Waals surface area contributed by atoms with Gasteiger partial charge in [-0.25, -0.2) is 0 Å². The van der Waals surface area contributed by atoms with Crippen LogP contribution in [0.15, 0.2) is 40.8 Å². The third kappa shape index (κ3) is 4.29. The second-order valence-corrected chi connectivity index (χ2v) is 7.62. The zero-order valence-electron chi connectivity index (χ0n) is 13.1. The van der Waals surface area contributed by atoms with Gasteiger partial charge in [0.15, 0.2) is 0 Å². The molecule has 1 heterocycles. The Morgan fingerprint density at radius 2 is 1.95 bits per heavy atom. The molecule has 2 aromatic rings. The Bertz CT molecular complexity index is 651. The number of hydrogen-bond donors (Lipinski definition) is 0. The van der Waals surface area contributed by atoms with Gasteiger partial charge < -0.3 is 9.29 Å². The summed E-state index contributed by atoms with van der Waals surface area (Å²) >= 11 is -1.27. The molecule has 22 heavy (non-hydrogen) atoms. The fourth-order valence-corrected chi connectivity index (χ4v) is 2.16. The fraction of sp³-hybridized carbons (Fsp3) is 0.312. The Labute approximate surface area is 133 Å². The van der Waals surface area contributed by atoms with Gasteiger partial charge in [-0.15, -0.1) is 10.2 Å². The molecule has 0 saturated heterocycles. The van der Waals surface area contributed by atoms with Crippen LogP contribution in [0.2, 0.25) is 0 Å². The van der Waals surface area contributed by atoms with Gasteiger partial charge in [-0.2, -0.15) is 0 Å². The summed E-state index contributed by atoms with van der Waals surface area (Å²) in [6.45, 7) is 5.68. The number of nitrogens with zero attached hydrogens (tertiary/aromatic N) is 3. The average molecular weight is 317 g/mol. The van der Waals surface area contributed by atoms with Crippen LogP contribution in [0.1, 0.15) is 26.3 Å². The van der Waals surface area contributed by atoms with Crippen LogP contribution in [0.25, 0.3) is 11.3 Å². The second-order valence-electron chi connectivity index (χ2n) is 5.68. The van der Waals surface area contributed by atoms with Crippen LogP contribution < -0.4 is 4.74 Å².